The maximum absolute atomic E-state index is 12.3. The number of esters is 1. The van der Waals surface area contributed by atoms with Crippen molar-refractivity contribution in [1.82, 2.24) is 9.96 Å². The lowest BCUT2D eigenvalue weighted by Crippen LogP contribution is -2.45. The molecule has 2 amide bonds. The van der Waals surface area contributed by atoms with Crippen molar-refractivity contribution in [2.24, 2.45) is 0 Å². The number of urea groups is 1. The van der Waals surface area contributed by atoms with E-state index in [-0.39, 0.29) is 18.0 Å². The molecule has 2 atom stereocenters. The van der Waals surface area contributed by atoms with Crippen molar-refractivity contribution in [1.29, 1.82) is 0 Å². The summed E-state index contributed by atoms with van der Waals surface area (Å²) in [5.74, 6) is -0.273. The highest BCUT2D eigenvalue weighted by molar-refractivity contribution is 5.85. The average molecular weight is 298 g/mol. The molecule has 120 valence electrons. The Labute approximate surface area is 126 Å². The molecule has 2 rings (SSSR count). The van der Waals surface area contributed by atoms with Gasteiger partial charge in [-0.2, -0.15) is 5.06 Å². The van der Waals surface area contributed by atoms with Gasteiger partial charge in [-0.3, -0.25) is 4.84 Å². The van der Waals surface area contributed by atoms with Crippen LogP contribution in [-0.4, -0.2) is 53.8 Å². The number of fused-ring (bicyclic) bond motifs is 2. The number of amides is 2. The Morgan fingerprint density at radius 3 is 2.62 bits per heavy atom. The number of hydrogen-bond donors (Lipinski definition) is 0. The summed E-state index contributed by atoms with van der Waals surface area (Å²) in [4.78, 5) is 31.6. The number of ether oxygens (including phenoxy) is 1. The number of piperidine rings is 1. The first kappa shape index (κ1) is 16.1. The Morgan fingerprint density at radius 2 is 1.90 bits per heavy atom. The minimum Gasteiger partial charge on any atom is -0.464 e. The average Bonchev–Trinajstić information content (AvgIpc) is 2.72. The van der Waals surface area contributed by atoms with Gasteiger partial charge in [-0.1, -0.05) is 26.7 Å². The van der Waals surface area contributed by atoms with E-state index in [1.807, 2.05) is 0 Å². The van der Waals surface area contributed by atoms with Crippen molar-refractivity contribution in [2.75, 3.05) is 19.8 Å². The van der Waals surface area contributed by atoms with Gasteiger partial charge in [0, 0.05) is 6.54 Å². The Bertz CT molecular complexity index is 375. The summed E-state index contributed by atoms with van der Waals surface area (Å²) >= 11 is 0. The lowest BCUT2D eigenvalue weighted by Gasteiger charge is -2.28. The Morgan fingerprint density at radius 1 is 1.19 bits per heavy atom. The van der Waals surface area contributed by atoms with Crippen LogP contribution < -0.4 is 0 Å². The number of carbonyl (C=O) groups excluding carboxylic acids is 2. The zero-order valence-electron chi connectivity index (χ0n) is 13.0. The van der Waals surface area contributed by atoms with Crippen molar-refractivity contribution in [2.45, 2.75) is 64.5 Å². The van der Waals surface area contributed by atoms with Gasteiger partial charge in [-0.05, 0) is 25.7 Å². The molecule has 2 aliphatic heterocycles. The van der Waals surface area contributed by atoms with Gasteiger partial charge in [0.2, 0.25) is 0 Å². The fraction of sp³-hybridized carbons (Fsp3) is 0.867. The number of nitrogens with zero attached hydrogens (tertiary/aromatic N) is 2. The van der Waals surface area contributed by atoms with Crippen molar-refractivity contribution in [3.63, 3.8) is 0 Å². The van der Waals surface area contributed by atoms with E-state index in [9.17, 15) is 9.59 Å². The quantitative estimate of drug-likeness (QED) is 0.510. The summed E-state index contributed by atoms with van der Waals surface area (Å²) < 4.78 is 5.26. The number of carbonyl (C=O) groups is 2. The van der Waals surface area contributed by atoms with Gasteiger partial charge in [0.05, 0.1) is 19.3 Å². The summed E-state index contributed by atoms with van der Waals surface area (Å²) in [6, 6.07) is -0.550. The Hall–Kier alpha value is -1.30. The van der Waals surface area contributed by atoms with Crippen LogP contribution in [0.15, 0.2) is 0 Å². The fourth-order valence-corrected chi connectivity index (χ4v) is 2.76. The smallest absolute Gasteiger partial charge is 0.345 e. The van der Waals surface area contributed by atoms with E-state index < -0.39 is 6.04 Å². The monoisotopic (exact) mass is 298 g/mol. The fourth-order valence-electron chi connectivity index (χ4n) is 2.76. The SMILES string of the molecule is CCCCOC(=O)[C@@H]1CCC2CN1C(=O)N2OCCCC. The van der Waals surface area contributed by atoms with Crippen LogP contribution in [-0.2, 0) is 14.4 Å². The van der Waals surface area contributed by atoms with Gasteiger partial charge in [0.15, 0.2) is 0 Å². The minimum atomic E-state index is -0.439. The van der Waals surface area contributed by atoms with Gasteiger partial charge in [-0.25, -0.2) is 9.59 Å². The van der Waals surface area contributed by atoms with Gasteiger partial charge in [-0.15, -0.1) is 0 Å². The van der Waals surface area contributed by atoms with Crippen molar-refractivity contribution in [3.8, 4) is 0 Å². The van der Waals surface area contributed by atoms with E-state index in [1.54, 1.807) is 4.90 Å². The van der Waals surface area contributed by atoms with Crippen LogP contribution >= 0.6 is 0 Å². The summed E-state index contributed by atoms with van der Waals surface area (Å²) in [7, 11) is 0. The maximum atomic E-state index is 12.3. The summed E-state index contributed by atoms with van der Waals surface area (Å²) in [5, 5.41) is 1.47. The molecule has 0 radical (unpaired) electrons. The number of unbranched alkanes of at least 4 members (excludes halogenated alkanes) is 2. The molecule has 6 nitrogen and oxygen atoms in total. The predicted octanol–water partition coefficient (Wildman–Crippen LogP) is 2.33. The van der Waals surface area contributed by atoms with Gasteiger partial charge in [0.25, 0.3) is 0 Å². The van der Waals surface area contributed by atoms with Crippen LogP contribution in [0.2, 0.25) is 0 Å². The molecule has 2 aliphatic rings. The molecule has 2 heterocycles. The number of hydroxylamine groups is 2. The molecule has 2 fully saturated rings. The van der Waals surface area contributed by atoms with Gasteiger partial charge < -0.3 is 9.64 Å². The highest BCUT2D eigenvalue weighted by Gasteiger charge is 2.48. The van der Waals surface area contributed by atoms with E-state index in [1.165, 1.54) is 5.06 Å². The highest BCUT2D eigenvalue weighted by atomic mass is 16.7. The molecule has 0 aliphatic carbocycles. The molecule has 1 unspecified atom stereocenters. The molecule has 0 N–H and O–H groups in total. The molecule has 2 bridgehead atoms. The molecular weight excluding hydrogens is 272 g/mol. The third kappa shape index (κ3) is 3.67. The van der Waals surface area contributed by atoms with Crippen LogP contribution in [0.4, 0.5) is 4.79 Å². The molecule has 0 saturated carbocycles. The standard InChI is InChI=1S/C15H26N2O4/c1-3-5-9-20-14(18)13-8-7-12-11-16(13)15(19)17(12)21-10-6-4-2/h12-13H,3-11H2,1-2H3/t12?,13-/m0/s1. The summed E-state index contributed by atoms with van der Waals surface area (Å²) in [6.45, 7) is 5.69. The normalized spacial score (nSPS) is 24.6. The van der Waals surface area contributed by atoms with Crippen molar-refractivity contribution >= 4 is 12.0 Å². The van der Waals surface area contributed by atoms with Crippen LogP contribution in [0.3, 0.4) is 0 Å². The van der Waals surface area contributed by atoms with Gasteiger partial charge in [0.1, 0.15) is 6.04 Å². The van der Waals surface area contributed by atoms with E-state index in [0.717, 1.165) is 32.1 Å². The van der Waals surface area contributed by atoms with Crippen LogP contribution in [0.5, 0.6) is 0 Å². The zero-order valence-corrected chi connectivity index (χ0v) is 13.0. The van der Waals surface area contributed by atoms with Crippen LogP contribution in [0.1, 0.15) is 52.4 Å². The third-order valence-corrected chi connectivity index (χ3v) is 4.07. The molecule has 6 heteroatoms. The summed E-state index contributed by atoms with van der Waals surface area (Å²) in [5.41, 5.74) is 0. The molecule has 2 saturated heterocycles. The molecule has 21 heavy (non-hydrogen) atoms. The lowest BCUT2D eigenvalue weighted by molar-refractivity contribution is -0.149. The number of rotatable bonds is 8. The van der Waals surface area contributed by atoms with E-state index in [0.29, 0.717) is 26.2 Å². The number of hydrogen-bond acceptors (Lipinski definition) is 4. The molecule has 0 aromatic heterocycles. The first-order valence-corrected chi connectivity index (χ1v) is 8.08. The van der Waals surface area contributed by atoms with Crippen molar-refractivity contribution < 1.29 is 19.2 Å². The highest BCUT2D eigenvalue weighted by Crippen LogP contribution is 2.30. The van der Waals surface area contributed by atoms with E-state index >= 15 is 0 Å². The second-order valence-corrected chi connectivity index (χ2v) is 5.72. The second kappa shape index (κ2) is 7.64. The summed E-state index contributed by atoms with van der Waals surface area (Å²) in [6.07, 6.45) is 5.27. The lowest BCUT2D eigenvalue weighted by atomic mass is 10.0. The molecule has 0 aromatic rings. The second-order valence-electron chi connectivity index (χ2n) is 5.72. The van der Waals surface area contributed by atoms with E-state index in [2.05, 4.69) is 13.8 Å². The predicted molar refractivity (Wildman–Crippen MR) is 77.5 cm³/mol. The zero-order chi connectivity index (χ0) is 15.2. The molecule has 0 spiro atoms. The van der Waals surface area contributed by atoms with Crippen LogP contribution in [0.25, 0.3) is 0 Å². The van der Waals surface area contributed by atoms with Crippen LogP contribution in [0, 0.1) is 0 Å². The maximum Gasteiger partial charge on any atom is 0.345 e. The molecule has 0 aromatic carbocycles. The topological polar surface area (TPSA) is 59.1 Å². The largest absolute Gasteiger partial charge is 0.464 e. The minimum absolute atomic E-state index is 0.0778. The Kier molecular flexibility index (Phi) is 5.85. The van der Waals surface area contributed by atoms with Crippen molar-refractivity contribution in [3.05, 3.63) is 0 Å². The van der Waals surface area contributed by atoms with E-state index in [4.69, 9.17) is 9.57 Å². The first-order chi connectivity index (χ1) is 10.2. The third-order valence-electron chi connectivity index (χ3n) is 4.07. The first-order valence-electron chi connectivity index (χ1n) is 8.08. The Balaban J connectivity index is 1.89. The molecular formula is C15H26N2O4. The van der Waals surface area contributed by atoms with Gasteiger partial charge >= 0.3 is 12.0 Å².